The molecule has 4 nitrogen and oxygen atoms in total. The molecule has 1 atom stereocenters. The number of nitrogens with one attached hydrogen (secondary N) is 1. The Morgan fingerprint density at radius 3 is 2.46 bits per heavy atom. The molecule has 0 aliphatic rings. The average Bonchev–Trinajstić information content (AvgIpc) is 2.95. The smallest absolute Gasteiger partial charge is 0.349 e. The monoisotopic (exact) mass is 345 g/mol. The Hall–Kier alpha value is -2.14. The van der Waals surface area contributed by atoms with Crippen LogP contribution in [0.3, 0.4) is 0 Å². The molecule has 1 amide bonds. The van der Waals surface area contributed by atoms with Crippen LogP contribution in [-0.4, -0.2) is 18.0 Å². The molecule has 0 aliphatic heterocycles. The van der Waals surface area contributed by atoms with Crippen molar-refractivity contribution < 1.29 is 14.3 Å². The van der Waals surface area contributed by atoms with Crippen LogP contribution in [0.4, 0.5) is 0 Å². The fraction of sp³-hybridized carbons (Fsp3) is 0.368. The van der Waals surface area contributed by atoms with Gasteiger partial charge in [-0.05, 0) is 44.4 Å². The summed E-state index contributed by atoms with van der Waals surface area (Å²) in [5.41, 5.74) is 3.32. The van der Waals surface area contributed by atoms with Gasteiger partial charge in [0.15, 0.2) is 6.10 Å². The molecule has 2 aromatic rings. The summed E-state index contributed by atoms with van der Waals surface area (Å²) in [5.74, 6) is -0.742. The van der Waals surface area contributed by atoms with Crippen molar-refractivity contribution in [2.24, 2.45) is 0 Å². The Kier molecular flexibility index (Phi) is 6.15. The molecule has 1 heterocycles. The predicted octanol–water partition coefficient (Wildman–Crippen LogP) is 3.79. The van der Waals surface area contributed by atoms with E-state index in [1.54, 1.807) is 6.92 Å². The number of ether oxygens (including phenoxy) is 1. The second-order valence-corrected chi connectivity index (χ2v) is 7.05. The van der Waals surface area contributed by atoms with Crippen LogP contribution in [0.2, 0.25) is 0 Å². The molecule has 0 saturated heterocycles. The van der Waals surface area contributed by atoms with Gasteiger partial charge >= 0.3 is 5.97 Å². The first kappa shape index (κ1) is 18.2. The number of esters is 1. The molecule has 5 heteroatoms. The zero-order valence-electron chi connectivity index (χ0n) is 14.5. The van der Waals surface area contributed by atoms with E-state index in [1.165, 1.54) is 16.9 Å². The number of hydrogen-bond acceptors (Lipinski definition) is 4. The largest absolute Gasteiger partial charge is 0.448 e. The van der Waals surface area contributed by atoms with E-state index < -0.39 is 12.1 Å². The molecule has 0 spiro atoms. The molecule has 0 fully saturated rings. The van der Waals surface area contributed by atoms with Gasteiger partial charge in [-0.1, -0.05) is 36.8 Å². The summed E-state index contributed by atoms with van der Waals surface area (Å²) in [7, 11) is 0. The van der Waals surface area contributed by atoms with E-state index in [4.69, 9.17) is 4.74 Å². The summed E-state index contributed by atoms with van der Waals surface area (Å²) in [4.78, 5) is 25.9. The fourth-order valence-electron chi connectivity index (χ4n) is 2.28. The molecule has 0 bridgehead atoms. The standard InChI is InChI=1S/C19H23NO3S/c1-5-16-10-17(24-14(16)4)19(22)23-13(3)18(21)20-11-15-8-6-12(2)7-9-15/h6-10,13H,5,11H2,1-4H3,(H,20,21)/t13-/m1/s1. The van der Waals surface area contributed by atoms with Gasteiger partial charge in [0.05, 0.1) is 0 Å². The van der Waals surface area contributed by atoms with Crippen LogP contribution in [0, 0.1) is 13.8 Å². The van der Waals surface area contributed by atoms with Crippen molar-refractivity contribution in [3.63, 3.8) is 0 Å². The van der Waals surface area contributed by atoms with Crippen LogP contribution in [0.5, 0.6) is 0 Å². The molecule has 0 radical (unpaired) electrons. The molecule has 0 unspecified atom stereocenters. The summed E-state index contributed by atoms with van der Waals surface area (Å²) in [5, 5.41) is 2.79. The Morgan fingerprint density at radius 2 is 1.88 bits per heavy atom. The van der Waals surface area contributed by atoms with Gasteiger partial charge in [-0.25, -0.2) is 4.79 Å². The Bertz CT molecular complexity index is 719. The minimum atomic E-state index is -0.824. The van der Waals surface area contributed by atoms with Crippen LogP contribution >= 0.6 is 11.3 Å². The van der Waals surface area contributed by atoms with Crippen molar-refractivity contribution in [2.45, 2.75) is 46.8 Å². The second kappa shape index (κ2) is 8.11. The maximum Gasteiger partial charge on any atom is 0.349 e. The summed E-state index contributed by atoms with van der Waals surface area (Å²) in [6, 6.07) is 9.77. The highest BCUT2D eigenvalue weighted by molar-refractivity contribution is 7.14. The molecule has 1 N–H and O–H groups in total. The van der Waals surface area contributed by atoms with Gasteiger partial charge in [0.25, 0.3) is 5.91 Å². The van der Waals surface area contributed by atoms with E-state index in [2.05, 4.69) is 5.32 Å². The van der Waals surface area contributed by atoms with Crippen molar-refractivity contribution in [3.05, 3.63) is 56.8 Å². The van der Waals surface area contributed by atoms with Gasteiger partial charge in [-0.2, -0.15) is 0 Å². The fourth-order valence-corrected chi connectivity index (χ4v) is 3.28. The van der Waals surface area contributed by atoms with Crippen LogP contribution in [0.1, 0.15) is 45.1 Å². The zero-order valence-corrected chi connectivity index (χ0v) is 15.3. The third kappa shape index (κ3) is 4.68. The van der Waals surface area contributed by atoms with E-state index >= 15 is 0 Å². The lowest BCUT2D eigenvalue weighted by Gasteiger charge is -2.13. The highest BCUT2D eigenvalue weighted by atomic mass is 32.1. The lowest BCUT2D eigenvalue weighted by molar-refractivity contribution is -0.129. The number of benzene rings is 1. The first-order chi connectivity index (χ1) is 11.4. The minimum Gasteiger partial charge on any atom is -0.448 e. The van der Waals surface area contributed by atoms with Crippen molar-refractivity contribution in [1.29, 1.82) is 0 Å². The molecule has 0 aliphatic carbocycles. The highest BCUT2D eigenvalue weighted by Gasteiger charge is 2.20. The minimum absolute atomic E-state index is 0.298. The van der Waals surface area contributed by atoms with Crippen molar-refractivity contribution in [2.75, 3.05) is 0 Å². The summed E-state index contributed by atoms with van der Waals surface area (Å²) in [6.07, 6.45) is 0.0535. The predicted molar refractivity (Wildman–Crippen MR) is 96.3 cm³/mol. The number of amides is 1. The van der Waals surface area contributed by atoms with Gasteiger partial charge in [0.2, 0.25) is 0 Å². The molecule has 1 aromatic heterocycles. The summed E-state index contributed by atoms with van der Waals surface area (Å²) >= 11 is 1.41. The van der Waals surface area contributed by atoms with Crippen LogP contribution < -0.4 is 5.32 Å². The normalized spacial score (nSPS) is 11.8. The van der Waals surface area contributed by atoms with E-state index in [9.17, 15) is 9.59 Å². The molecule has 1 aromatic carbocycles. The van der Waals surface area contributed by atoms with Crippen LogP contribution in [-0.2, 0) is 22.5 Å². The second-order valence-electron chi connectivity index (χ2n) is 5.80. The summed E-state index contributed by atoms with van der Waals surface area (Å²) in [6.45, 7) is 8.05. The van der Waals surface area contributed by atoms with Gasteiger partial charge < -0.3 is 10.1 Å². The number of rotatable bonds is 6. The number of carbonyl (C=O) groups is 2. The Morgan fingerprint density at radius 1 is 1.21 bits per heavy atom. The molecular formula is C19H23NO3S. The van der Waals surface area contributed by atoms with Gasteiger partial charge in [0.1, 0.15) is 4.88 Å². The van der Waals surface area contributed by atoms with Crippen LogP contribution in [0.25, 0.3) is 0 Å². The van der Waals surface area contributed by atoms with Crippen molar-refractivity contribution in [3.8, 4) is 0 Å². The number of carbonyl (C=O) groups excluding carboxylic acids is 2. The quantitative estimate of drug-likeness (QED) is 0.811. The first-order valence-corrected chi connectivity index (χ1v) is 8.86. The Balaban J connectivity index is 1.88. The first-order valence-electron chi connectivity index (χ1n) is 8.04. The third-order valence-corrected chi connectivity index (χ3v) is 4.92. The van der Waals surface area contributed by atoms with E-state index in [0.717, 1.165) is 22.4 Å². The third-order valence-electron chi connectivity index (χ3n) is 3.84. The molecule has 0 saturated carbocycles. The van der Waals surface area contributed by atoms with Crippen LogP contribution in [0.15, 0.2) is 30.3 Å². The lowest BCUT2D eigenvalue weighted by Crippen LogP contribution is -2.35. The van der Waals surface area contributed by atoms with E-state index in [-0.39, 0.29) is 5.91 Å². The topological polar surface area (TPSA) is 55.4 Å². The Labute approximate surface area is 146 Å². The van der Waals surface area contributed by atoms with Crippen molar-refractivity contribution >= 4 is 23.2 Å². The van der Waals surface area contributed by atoms with E-state index in [0.29, 0.717) is 11.4 Å². The highest BCUT2D eigenvalue weighted by Crippen LogP contribution is 2.23. The number of thiophene rings is 1. The van der Waals surface area contributed by atoms with Gasteiger partial charge in [0, 0.05) is 11.4 Å². The molecule has 128 valence electrons. The van der Waals surface area contributed by atoms with Crippen molar-refractivity contribution in [1.82, 2.24) is 5.32 Å². The van der Waals surface area contributed by atoms with Gasteiger partial charge in [-0.3, -0.25) is 4.79 Å². The SMILES string of the molecule is CCc1cc(C(=O)O[C@H](C)C(=O)NCc2ccc(C)cc2)sc1C. The maximum atomic E-state index is 12.2. The van der Waals surface area contributed by atoms with E-state index in [1.807, 2.05) is 51.1 Å². The lowest BCUT2D eigenvalue weighted by atomic mass is 10.1. The van der Waals surface area contributed by atoms with Gasteiger partial charge in [-0.15, -0.1) is 11.3 Å². The number of aryl methyl sites for hydroxylation is 3. The molecule has 24 heavy (non-hydrogen) atoms. The molecular weight excluding hydrogens is 322 g/mol. The average molecular weight is 345 g/mol. The summed E-state index contributed by atoms with van der Waals surface area (Å²) < 4.78 is 5.28. The zero-order chi connectivity index (χ0) is 17.7. The maximum absolute atomic E-state index is 12.2. The molecule has 2 rings (SSSR count). The number of hydrogen-bond donors (Lipinski definition) is 1.